The normalized spacial score (nSPS) is 10.1. The van der Waals surface area contributed by atoms with Gasteiger partial charge in [0.05, 0.1) is 0 Å². The summed E-state index contributed by atoms with van der Waals surface area (Å²) in [5.41, 5.74) is 2.28. The summed E-state index contributed by atoms with van der Waals surface area (Å²) < 4.78 is 6.38. The number of carbonyl (C=O) groups is 2. The van der Waals surface area contributed by atoms with E-state index in [0.717, 1.165) is 15.7 Å². The van der Waals surface area contributed by atoms with Crippen LogP contribution in [0.1, 0.15) is 18.9 Å². The molecule has 2 amide bonds. The number of hydrogen-bond acceptors (Lipinski definition) is 3. The van der Waals surface area contributed by atoms with E-state index in [9.17, 15) is 9.59 Å². The summed E-state index contributed by atoms with van der Waals surface area (Å²) in [5, 5.41) is 5.58. The van der Waals surface area contributed by atoms with E-state index in [0.29, 0.717) is 17.9 Å². The van der Waals surface area contributed by atoms with Gasteiger partial charge in [0.1, 0.15) is 5.75 Å². The minimum atomic E-state index is -0.248. The molecular formula is C18H19BrN2O3. The van der Waals surface area contributed by atoms with Crippen molar-refractivity contribution in [3.63, 3.8) is 0 Å². The fraction of sp³-hybridized carbons (Fsp3) is 0.222. The average Bonchev–Trinajstić information content (AvgIpc) is 2.56. The highest BCUT2D eigenvalue weighted by atomic mass is 79.9. The maximum atomic E-state index is 12.0. The van der Waals surface area contributed by atoms with Crippen molar-refractivity contribution >= 4 is 39.1 Å². The average molecular weight is 391 g/mol. The van der Waals surface area contributed by atoms with Crippen LogP contribution in [0, 0.1) is 6.92 Å². The third-order valence-electron chi connectivity index (χ3n) is 3.29. The van der Waals surface area contributed by atoms with Gasteiger partial charge in [-0.2, -0.15) is 0 Å². The Kier molecular flexibility index (Phi) is 6.37. The van der Waals surface area contributed by atoms with Crippen molar-refractivity contribution < 1.29 is 14.3 Å². The smallest absolute Gasteiger partial charge is 0.262 e. The Bertz CT molecular complexity index is 730. The van der Waals surface area contributed by atoms with Crippen LogP contribution >= 0.6 is 15.9 Å². The number of nitrogens with one attached hydrogen (secondary N) is 2. The highest BCUT2D eigenvalue weighted by molar-refractivity contribution is 9.10. The summed E-state index contributed by atoms with van der Waals surface area (Å²) in [6, 6.07) is 12.6. The maximum absolute atomic E-state index is 12.0. The van der Waals surface area contributed by atoms with Gasteiger partial charge in [0.15, 0.2) is 6.61 Å². The molecule has 2 rings (SSSR count). The highest BCUT2D eigenvalue weighted by Gasteiger charge is 2.07. The number of anilines is 2. The van der Waals surface area contributed by atoms with Gasteiger partial charge in [-0.25, -0.2) is 0 Å². The van der Waals surface area contributed by atoms with E-state index >= 15 is 0 Å². The van der Waals surface area contributed by atoms with Gasteiger partial charge < -0.3 is 15.4 Å². The SMILES string of the molecule is CCC(=O)Nc1ccc(NC(=O)COc2ccc(Br)cc2)cc1C. The topological polar surface area (TPSA) is 67.4 Å². The van der Waals surface area contributed by atoms with Crippen molar-refractivity contribution in [3.05, 3.63) is 52.5 Å². The van der Waals surface area contributed by atoms with Gasteiger partial charge in [0, 0.05) is 22.3 Å². The standard InChI is InChI=1S/C18H19BrN2O3/c1-3-17(22)21-16-9-6-14(10-12(16)2)20-18(23)11-24-15-7-4-13(19)5-8-15/h4-10H,3,11H2,1-2H3,(H,20,23)(H,21,22). The molecule has 0 saturated carbocycles. The van der Waals surface area contributed by atoms with Crippen LogP contribution in [0.5, 0.6) is 5.75 Å². The van der Waals surface area contributed by atoms with Crippen LogP contribution in [0.2, 0.25) is 0 Å². The molecule has 0 spiro atoms. The van der Waals surface area contributed by atoms with Crippen LogP contribution in [0.4, 0.5) is 11.4 Å². The molecule has 2 aromatic carbocycles. The van der Waals surface area contributed by atoms with Gasteiger partial charge in [-0.05, 0) is 55.0 Å². The molecule has 0 fully saturated rings. The Labute approximate surface area is 149 Å². The molecule has 0 unspecified atom stereocenters. The lowest BCUT2D eigenvalue weighted by Crippen LogP contribution is -2.20. The van der Waals surface area contributed by atoms with Crippen LogP contribution in [0.15, 0.2) is 46.9 Å². The monoisotopic (exact) mass is 390 g/mol. The predicted octanol–water partition coefficient (Wildman–Crippen LogP) is 4.12. The number of hydrogen-bond donors (Lipinski definition) is 2. The van der Waals surface area contributed by atoms with E-state index in [1.54, 1.807) is 31.2 Å². The summed E-state index contributed by atoms with van der Waals surface area (Å²) in [4.78, 5) is 23.4. The largest absolute Gasteiger partial charge is 0.484 e. The molecule has 0 aliphatic carbocycles. The van der Waals surface area contributed by atoms with E-state index in [4.69, 9.17) is 4.74 Å². The number of aryl methyl sites for hydroxylation is 1. The van der Waals surface area contributed by atoms with Crippen LogP contribution in [-0.4, -0.2) is 18.4 Å². The van der Waals surface area contributed by atoms with Crippen LogP contribution in [0.3, 0.4) is 0 Å². The van der Waals surface area contributed by atoms with Gasteiger partial charge in [-0.15, -0.1) is 0 Å². The fourth-order valence-corrected chi connectivity index (χ4v) is 2.26. The number of amides is 2. The third-order valence-corrected chi connectivity index (χ3v) is 3.82. The minimum Gasteiger partial charge on any atom is -0.484 e. The second-order valence-corrected chi connectivity index (χ2v) is 6.14. The van der Waals surface area contributed by atoms with Gasteiger partial charge >= 0.3 is 0 Å². The van der Waals surface area contributed by atoms with Crippen LogP contribution in [0.25, 0.3) is 0 Å². The molecule has 0 atom stereocenters. The lowest BCUT2D eigenvalue weighted by Gasteiger charge is -2.11. The lowest BCUT2D eigenvalue weighted by atomic mass is 10.1. The zero-order valence-corrected chi connectivity index (χ0v) is 15.1. The van der Waals surface area contributed by atoms with E-state index in [-0.39, 0.29) is 18.4 Å². The second-order valence-electron chi connectivity index (χ2n) is 5.22. The maximum Gasteiger partial charge on any atom is 0.262 e. The van der Waals surface area contributed by atoms with Gasteiger partial charge in [0.25, 0.3) is 5.91 Å². The first kappa shape index (κ1) is 18.0. The predicted molar refractivity (Wildman–Crippen MR) is 98.4 cm³/mol. The molecule has 2 N–H and O–H groups in total. The number of halogens is 1. The first-order valence-corrected chi connectivity index (χ1v) is 8.36. The number of benzene rings is 2. The summed E-state index contributed by atoms with van der Waals surface area (Å²) in [6.45, 7) is 3.60. The van der Waals surface area contributed by atoms with Crippen molar-refractivity contribution in [1.29, 1.82) is 0 Å². The number of carbonyl (C=O) groups excluding carboxylic acids is 2. The molecule has 0 saturated heterocycles. The Hall–Kier alpha value is -2.34. The summed E-state index contributed by atoms with van der Waals surface area (Å²) >= 11 is 3.34. The second kappa shape index (κ2) is 8.49. The Balaban J connectivity index is 1.90. The molecule has 126 valence electrons. The molecule has 0 aliphatic rings. The third kappa shape index (κ3) is 5.38. The molecule has 0 bridgehead atoms. The molecular weight excluding hydrogens is 372 g/mol. The molecule has 2 aromatic rings. The minimum absolute atomic E-state index is 0.0437. The molecule has 0 heterocycles. The molecule has 6 heteroatoms. The van der Waals surface area contributed by atoms with Crippen molar-refractivity contribution in [2.45, 2.75) is 20.3 Å². The molecule has 0 radical (unpaired) electrons. The first-order chi connectivity index (χ1) is 11.5. The Morgan fingerprint density at radius 1 is 1.04 bits per heavy atom. The quantitative estimate of drug-likeness (QED) is 0.779. The first-order valence-electron chi connectivity index (χ1n) is 7.56. The fourth-order valence-electron chi connectivity index (χ4n) is 2.00. The molecule has 0 aliphatic heterocycles. The van der Waals surface area contributed by atoms with Crippen LogP contribution in [-0.2, 0) is 9.59 Å². The van der Waals surface area contributed by atoms with Crippen molar-refractivity contribution in [2.75, 3.05) is 17.2 Å². The summed E-state index contributed by atoms with van der Waals surface area (Å²) in [5.74, 6) is 0.336. The van der Waals surface area contributed by atoms with Crippen molar-refractivity contribution in [1.82, 2.24) is 0 Å². The van der Waals surface area contributed by atoms with E-state index in [2.05, 4.69) is 26.6 Å². The summed E-state index contributed by atoms with van der Waals surface area (Å²) in [6.07, 6.45) is 0.422. The molecule has 0 aromatic heterocycles. The molecule has 5 nitrogen and oxygen atoms in total. The van der Waals surface area contributed by atoms with E-state index < -0.39 is 0 Å². The van der Waals surface area contributed by atoms with Gasteiger partial charge in [-0.1, -0.05) is 22.9 Å². The zero-order chi connectivity index (χ0) is 17.5. The van der Waals surface area contributed by atoms with Crippen molar-refractivity contribution in [3.8, 4) is 5.75 Å². The Morgan fingerprint density at radius 3 is 2.38 bits per heavy atom. The van der Waals surface area contributed by atoms with Crippen LogP contribution < -0.4 is 15.4 Å². The lowest BCUT2D eigenvalue weighted by molar-refractivity contribution is -0.118. The highest BCUT2D eigenvalue weighted by Crippen LogP contribution is 2.20. The van der Waals surface area contributed by atoms with E-state index in [1.807, 2.05) is 25.1 Å². The van der Waals surface area contributed by atoms with Gasteiger partial charge in [-0.3, -0.25) is 9.59 Å². The Morgan fingerprint density at radius 2 is 1.75 bits per heavy atom. The number of ether oxygens (including phenoxy) is 1. The van der Waals surface area contributed by atoms with Crippen molar-refractivity contribution in [2.24, 2.45) is 0 Å². The molecule has 24 heavy (non-hydrogen) atoms. The number of rotatable bonds is 6. The summed E-state index contributed by atoms with van der Waals surface area (Å²) in [7, 11) is 0. The zero-order valence-electron chi connectivity index (χ0n) is 13.6. The van der Waals surface area contributed by atoms with E-state index in [1.165, 1.54) is 0 Å². The van der Waals surface area contributed by atoms with Gasteiger partial charge in [0.2, 0.25) is 5.91 Å².